The molecule has 1 aromatic carbocycles. The topological polar surface area (TPSA) is 78.2 Å². The molecule has 1 unspecified atom stereocenters. The second kappa shape index (κ2) is 6.00. The van der Waals surface area contributed by atoms with Crippen LogP contribution < -0.4 is 0 Å². The van der Waals surface area contributed by atoms with Crippen LogP contribution in [0.15, 0.2) is 29.2 Å². The van der Waals surface area contributed by atoms with Crippen LogP contribution in [-0.4, -0.2) is 21.0 Å². The van der Waals surface area contributed by atoms with E-state index in [1.807, 2.05) is 12.1 Å². The summed E-state index contributed by atoms with van der Waals surface area (Å²) in [5.41, 5.74) is 1.14. The molecule has 1 aromatic rings. The fourth-order valence-electron chi connectivity index (χ4n) is 1.67. The van der Waals surface area contributed by atoms with Crippen LogP contribution in [0.2, 0.25) is 0 Å². The Balaban J connectivity index is 2.81. The van der Waals surface area contributed by atoms with Crippen LogP contribution in [0.25, 0.3) is 0 Å². The van der Waals surface area contributed by atoms with Gasteiger partial charge < -0.3 is 5.11 Å². The maximum Gasteiger partial charge on any atom is 0.304 e. The zero-order valence-corrected chi connectivity index (χ0v) is 11.5. The maximum absolute atomic E-state index is 12.0. The minimum Gasteiger partial charge on any atom is -0.481 e. The van der Waals surface area contributed by atoms with E-state index in [0.29, 0.717) is 10.8 Å². The largest absolute Gasteiger partial charge is 0.481 e. The van der Waals surface area contributed by atoms with Gasteiger partial charge in [0.05, 0.1) is 16.1 Å². The average molecular weight is 269 g/mol. The lowest BCUT2D eigenvalue weighted by Crippen LogP contribution is -2.09. The van der Waals surface area contributed by atoms with Gasteiger partial charge in [-0.25, -0.2) is 8.99 Å². The lowest BCUT2D eigenvalue weighted by molar-refractivity contribution is -0.136. The third-order valence-corrected chi connectivity index (χ3v) is 4.36. The van der Waals surface area contributed by atoms with Crippen molar-refractivity contribution in [1.29, 1.82) is 4.78 Å². The number of rotatable bonds is 6. The first-order chi connectivity index (χ1) is 8.31. The van der Waals surface area contributed by atoms with E-state index in [9.17, 15) is 9.00 Å². The van der Waals surface area contributed by atoms with Crippen molar-refractivity contribution in [2.45, 2.75) is 31.6 Å². The van der Waals surface area contributed by atoms with Crippen molar-refractivity contribution in [3.05, 3.63) is 29.8 Å². The van der Waals surface area contributed by atoms with Crippen LogP contribution in [0.4, 0.5) is 0 Å². The summed E-state index contributed by atoms with van der Waals surface area (Å²) in [4.78, 5) is 10.9. The van der Waals surface area contributed by atoms with Crippen LogP contribution in [0.3, 0.4) is 0 Å². The molecule has 0 aromatic heterocycles. The fraction of sp³-hybridized carbons (Fsp3) is 0.462. The van der Waals surface area contributed by atoms with Gasteiger partial charge in [-0.1, -0.05) is 26.0 Å². The highest BCUT2D eigenvalue weighted by Crippen LogP contribution is 2.16. The Kier molecular flexibility index (Phi) is 4.90. The first-order valence-corrected chi connectivity index (χ1v) is 7.61. The van der Waals surface area contributed by atoms with Crippen LogP contribution in [0, 0.1) is 10.7 Å². The van der Waals surface area contributed by atoms with E-state index in [1.165, 1.54) is 0 Å². The van der Waals surface area contributed by atoms with E-state index in [4.69, 9.17) is 9.89 Å². The Morgan fingerprint density at radius 1 is 1.33 bits per heavy atom. The zero-order chi connectivity index (χ0) is 13.8. The molecular formula is C13H19NO3S. The summed E-state index contributed by atoms with van der Waals surface area (Å²) in [6.07, 6.45) is 0.699. The van der Waals surface area contributed by atoms with Crippen LogP contribution in [0.1, 0.15) is 25.8 Å². The molecule has 0 fully saturated rings. The lowest BCUT2D eigenvalue weighted by Gasteiger charge is -2.08. The van der Waals surface area contributed by atoms with Gasteiger partial charge in [0.15, 0.2) is 0 Å². The quantitative estimate of drug-likeness (QED) is 0.833. The first-order valence-electron chi connectivity index (χ1n) is 5.88. The molecule has 0 amide bonds. The number of carboxylic acids is 1. The van der Waals surface area contributed by atoms with Crippen LogP contribution in [0.5, 0.6) is 0 Å². The molecule has 0 heterocycles. The summed E-state index contributed by atoms with van der Waals surface area (Å²) in [6.45, 7) is 4.24. The normalized spacial score (nSPS) is 14.4. The van der Waals surface area contributed by atoms with Crippen molar-refractivity contribution in [2.24, 2.45) is 5.92 Å². The summed E-state index contributed by atoms with van der Waals surface area (Å²) < 4.78 is 19.8. The van der Waals surface area contributed by atoms with Crippen molar-refractivity contribution in [2.75, 3.05) is 5.75 Å². The number of hydrogen-bond acceptors (Lipinski definition) is 3. The highest BCUT2D eigenvalue weighted by molar-refractivity contribution is 7.92. The highest BCUT2D eigenvalue weighted by atomic mass is 32.2. The second-order valence-corrected chi connectivity index (χ2v) is 7.00. The molecule has 0 saturated heterocycles. The van der Waals surface area contributed by atoms with Crippen molar-refractivity contribution in [3.8, 4) is 0 Å². The minimum absolute atomic E-state index is 0.133. The van der Waals surface area contributed by atoms with Gasteiger partial charge in [0.2, 0.25) is 0 Å². The van der Waals surface area contributed by atoms with E-state index >= 15 is 0 Å². The molecule has 1 atom stereocenters. The molecule has 0 radical (unpaired) electrons. The van der Waals surface area contributed by atoms with Gasteiger partial charge in [-0.3, -0.25) is 4.79 Å². The SMILES string of the molecule is CC(C)Cc1ccc(S(=N)(=O)CCC(=O)O)cc1. The summed E-state index contributed by atoms with van der Waals surface area (Å²) in [5, 5.41) is 8.56. The number of carboxylic acid groups (broad SMARTS) is 1. The molecular weight excluding hydrogens is 250 g/mol. The van der Waals surface area contributed by atoms with Crippen molar-refractivity contribution in [3.63, 3.8) is 0 Å². The molecule has 0 spiro atoms. The second-order valence-electron chi connectivity index (χ2n) is 4.77. The third kappa shape index (κ3) is 4.49. The van der Waals surface area contributed by atoms with Gasteiger partial charge >= 0.3 is 5.97 Å². The summed E-state index contributed by atoms with van der Waals surface area (Å²) in [7, 11) is -2.98. The molecule has 100 valence electrons. The molecule has 0 aliphatic rings. The van der Waals surface area contributed by atoms with Gasteiger partial charge in [-0.05, 0) is 30.0 Å². The monoisotopic (exact) mass is 269 g/mol. The van der Waals surface area contributed by atoms with Gasteiger partial charge in [-0.2, -0.15) is 0 Å². The van der Waals surface area contributed by atoms with E-state index in [0.717, 1.165) is 12.0 Å². The molecule has 0 saturated carbocycles. The number of nitrogens with one attached hydrogen (secondary N) is 1. The lowest BCUT2D eigenvalue weighted by atomic mass is 10.0. The van der Waals surface area contributed by atoms with Crippen molar-refractivity contribution < 1.29 is 14.1 Å². The third-order valence-electron chi connectivity index (χ3n) is 2.55. The molecule has 0 aliphatic carbocycles. The van der Waals surface area contributed by atoms with E-state index in [1.54, 1.807) is 12.1 Å². The maximum atomic E-state index is 12.0. The highest BCUT2D eigenvalue weighted by Gasteiger charge is 2.12. The predicted molar refractivity (Wildman–Crippen MR) is 71.2 cm³/mol. The molecule has 0 bridgehead atoms. The van der Waals surface area contributed by atoms with Gasteiger partial charge in [-0.15, -0.1) is 0 Å². The smallest absolute Gasteiger partial charge is 0.304 e. The number of benzene rings is 1. The standard InChI is InChI=1S/C13H19NO3S/c1-10(2)9-11-3-5-12(6-4-11)18(14,17)8-7-13(15)16/h3-6,10,14H,7-9H2,1-2H3,(H,15,16). The van der Waals surface area contributed by atoms with Gasteiger partial charge in [0.25, 0.3) is 0 Å². The van der Waals surface area contributed by atoms with E-state index in [2.05, 4.69) is 13.8 Å². The van der Waals surface area contributed by atoms with Crippen molar-refractivity contribution >= 4 is 15.7 Å². The van der Waals surface area contributed by atoms with Crippen LogP contribution >= 0.6 is 0 Å². The summed E-state index contributed by atoms with van der Waals surface area (Å²) >= 11 is 0. The van der Waals surface area contributed by atoms with Crippen LogP contribution in [-0.2, 0) is 20.9 Å². The number of hydrogen-bond donors (Lipinski definition) is 2. The van der Waals surface area contributed by atoms with Gasteiger partial charge in [0, 0.05) is 10.6 Å². The molecule has 5 heteroatoms. The summed E-state index contributed by atoms with van der Waals surface area (Å²) in [5.74, 6) is -0.610. The Labute approximate surface area is 108 Å². The molecule has 18 heavy (non-hydrogen) atoms. The summed E-state index contributed by atoms with van der Waals surface area (Å²) in [6, 6.07) is 7.08. The molecule has 1 rings (SSSR count). The van der Waals surface area contributed by atoms with Gasteiger partial charge in [0.1, 0.15) is 0 Å². The molecule has 4 nitrogen and oxygen atoms in total. The first kappa shape index (κ1) is 14.7. The van der Waals surface area contributed by atoms with E-state index in [-0.39, 0.29) is 12.2 Å². The molecule has 2 N–H and O–H groups in total. The van der Waals surface area contributed by atoms with E-state index < -0.39 is 15.7 Å². The number of carbonyl (C=O) groups is 1. The minimum atomic E-state index is -2.98. The Hall–Kier alpha value is -1.36. The predicted octanol–water partition coefficient (Wildman–Crippen LogP) is 2.77. The zero-order valence-electron chi connectivity index (χ0n) is 10.7. The Bertz CT molecular complexity index is 504. The Morgan fingerprint density at radius 3 is 2.33 bits per heavy atom. The Morgan fingerprint density at radius 2 is 1.89 bits per heavy atom. The van der Waals surface area contributed by atoms with Crippen molar-refractivity contribution in [1.82, 2.24) is 0 Å². The number of aliphatic carboxylic acids is 1. The average Bonchev–Trinajstić information content (AvgIpc) is 2.26. The molecule has 0 aliphatic heterocycles. The fourth-order valence-corrected chi connectivity index (χ4v) is 2.94.